The van der Waals surface area contributed by atoms with Crippen molar-refractivity contribution >= 4 is 5.69 Å². The first-order chi connectivity index (χ1) is 8.33. The zero-order valence-electron chi connectivity index (χ0n) is 10.2. The summed E-state index contributed by atoms with van der Waals surface area (Å²) in [5, 5.41) is 0. The van der Waals surface area contributed by atoms with Crippen LogP contribution in [0.2, 0.25) is 0 Å². The Kier molecular flexibility index (Phi) is 3.65. The molecule has 0 aliphatic carbocycles. The first-order valence-electron chi connectivity index (χ1n) is 5.70. The molecule has 0 aliphatic rings. The number of H-pyrrole nitrogens is 1. The van der Waals surface area contributed by atoms with Gasteiger partial charge in [0.25, 0.3) is 0 Å². The van der Waals surface area contributed by atoms with Gasteiger partial charge in [0.1, 0.15) is 5.75 Å². The van der Waals surface area contributed by atoms with Crippen LogP contribution in [0, 0.1) is 0 Å². The van der Waals surface area contributed by atoms with Crippen molar-refractivity contribution in [2.24, 2.45) is 0 Å². The lowest BCUT2D eigenvalue weighted by Gasteiger charge is -2.22. The van der Waals surface area contributed by atoms with Gasteiger partial charge in [0.2, 0.25) is 0 Å². The molecule has 0 saturated heterocycles. The van der Waals surface area contributed by atoms with Crippen LogP contribution in [0.15, 0.2) is 36.8 Å². The lowest BCUT2D eigenvalue weighted by atomic mass is 10.2. The topological polar surface area (TPSA) is 41.2 Å². The van der Waals surface area contributed by atoms with Gasteiger partial charge in [-0.15, -0.1) is 0 Å². The summed E-state index contributed by atoms with van der Waals surface area (Å²) in [6.45, 7) is 3.89. The van der Waals surface area contributed by atoms with Crippen LogP contribution in [0.5, 0.6) is 5.75 Å². The Morgan fingerprint density at radius 2 is 2.06 bits per heavy atom. The molecule has 0 aliphatic heterocycles. The fraction of sp³-hybridized carbons (Fsp3) is 0.308. The predicted octanol–water partition coefficient (Wildman–Crippen LogP) is 2.44. The van der Waals surface area contributed by atoms with Crippen LogP contribution < -0.4 is 9.64 Å². The summed E-state index contributed by atoms with van der Waals surface area (Å²) in [6.07, 6.45) is 3.63. The Morgan fingerprint density at radius 3 is 2.59 bits per heavy atom. The Hall–Kier alpha value is -1.97. The van der Waals surface area contributed by atoms with Crippen molar-refractivity contribution in [1.82, 2.24) is 9.97 Å². The second-order valence-electron chi connectivity index (χ2n) is 3.77. The summed E-state index contributed by atoms with van der Waals surface area (Å²) >= 11 is 0. The number of imidazole rings is 1. The van der Waals surface area contributed by atoms with E-state index in [1.165, 1.54) is 5.69 Å². The summed E-state index contributed by atoms with van der Waals surface area (Å²) in [5.74, 6) is 0.879. The van der Waals surface area contributed by atoms with Crippen LogP contribution in [0.25, 0.3) is 0 Å². The molecule has 17 heavy (non-hydrogen) atoms. The molecule has 0 saturated carbocycles. The van der Waals surface area contributed by atoms with E-state index in [2.05, 4.69) is 33.9 Å². The number of hydrogen-bond donors (Lipinski definition) is 1. The maximum absolute atomic E-state index is 5.15. The second kappa shape index (κ2) is 5.39. The maximum atomic E-state index is 5.15. The molecule has 1 heterocycles. The highest BCUT2D eigenvalue weighted by Crippen LogP contribution is 2.20. The third-order valence-corrected chi connectivity index (χ3v) is 2.73. The Balaban J connectivity index is 2.11. The molecular weight excluding hydrogens is 214 g/mol. The molecule has 0 atom stereocenters. The van der Waals surface area contributed by atoms with Crippen molar-refractivity contribution in [2.75, 3.05) is 18.6 Å². The van der Waals surface area contributed by atoms with Crippen LogP contribution in [-0.4, -0.2) is 23.6 Å². The SMILES string of the molecule is CCN(Cc1c[nH]cn1)c1ccc(OC)cc1. The number of benzene rings is 1. The third-order valence-electron chi connectivity index (χ3n) is 2.73. The normalized spacial score (nSPS) is 10.2. The van der Waals surface area contributed by atoms with Gasteiger partial charge in [-0.2, -0.15) is 0 Å². The zero-order valence-corrected chi connectivity index (χ0v) is 10.2. The molecular formula is C13H17N3O. The quantitative estimate of drug-likeness (QED) is 0.859. The number of hydrogen-bond acceptors (Lipinski definition) is 3. The largest absolute Gasteiger partial charge is 0.497 e. The summed E-state index contributed by atoms with van der Waals surface area (Å²) in [4.78, 5) is 9.47. The predicted molar refractivity (Wildman–Crippen MR) is 68.3 cm³/mol. The highest BCUT2D eigenvalue weighted by Gasteiger charge is 2.06. The number of aromatic amines is 1. The van der Waals surface area contributed by atoms with E-state index in [1.807, 2.05) is 18.3 Å². The van der Waals surface area contributed by atoms with Gasteiger partial charge in [-0.1, -0.05) is 0 Å². The number of rotatable bonds is 5. The molecule has 0 radical (unpaired) electrons. The second-order valence-corrected chi connectivity index (χ2v) is 3.77. The van der Waals surface area contributed by atoms with Gasteiger partial charge in [-0.3, -0.25) is 0 Å². The maximum Gasteiger partial charge on any atom is 0.119 e. The van der Waals surface area contributed by atoms with Crippen LogP contribution in [-0.2, 0) is 6.54 Å². The van der Waals surface area contributed by atoms with E-state index in [0.29, 0.717) is 0 Å². The van der Waals surface area contributed by atoms with Gasteiger partial charge in [0.05, 0.1) is 25.7 Å². The lowest BCUT2D eigenvalue weighted by Crippen LogP contribution is -2.22. The Labute approximate surface area is 101 Å². The molecule has 4 nitrogen and oxygen atoms in total. The van der Waals surface area contributed by atoms with E-state index in [-0.39, 0.29) is 0 Å². The van der Waals surface area contributed by atoms with Crippen molar-refractivity contribution in [3.8, 4) is 5.75 Å². The minimum atomic E-state index is 0.812. The third kappa shape index (κ3) is 2.78. The standard InChI is InChI=1S/C13H17N3O/c1-3-16(9-11-8-14-10-15-11)12-4-6-13(17-2)7-5-12/h4-8,10H,3,9H2,1-2H3,(H,14,15). The number of nitrogens with one attached hydrogen (secondary N) is 1. The van der Waals surface area contributed by atoms with Gasteiger partial charge in [0.15, 0.2) is 0 Å². The van der Waals surface area contributed by atoms with E-state index in [0.717, 1.165) is 24.5 Å². The molecule has 1 aromatic heterocycles. The first-order valence-corrected chi connectivity index (χ1v) is 5.70. The molecule has 4 heteroatoms. The van der Waals surface area contributed by atoms with Crippen molar-refractivity contribution < 1.29 is 4.74 Å². The highest BCUT2D eigenvalue weighted by molar-refractivity contribution is 5.49. The van der Waals surface area contributed by atoms with E-state index in [4.69, 9.17) is 4.74 Å². The van der Waals surface area contributed by atoms with E-state index in [1.54, 1.807) is 13.4 Å². The van der Waals surface area contributed by atoms with Crippen molar-refractivity contribution in [2.45, 2.75) is 13.5 Å². The van der Waals surface area contributed by atoms with Crippen LogP contribution in [0.1, 0.15) is 12.6 Å². The molecule has 0 spiro atoms. The van der Waals surface area contributed by atoms with Gasteiger partial charge in [-0.05, 0) is 31.2 Å². The monoisotopic (exact) mass is 231 g/mol. The minimum Gasteiger partial charge on any atom is -0.497 e. The van der Waals surface area contributed by atoms with E-state index < -0.39 is 0 Å². The molecule has 2 rings (SSSR count). The minimum absolute atomic E-state index is 0.812. The summed E-state index contributed by atoms with van der Waals surface area (Å²) in [7, 11) is 1.68. The zero-order chi connectivity index (χ0) is 12.1. The molecule has 2 aromatic rings. The fourth-order valence-corrected chi connectivity index (χ4v) is 1.75. The summed E-state index contributed by atoms with van der Waals surface area (Å²) in [6, 6.07) is 8.08. The number of nitrogens with zero attached hydrogens (tertiary/aromatic N) is 2. The van der Waals surface area contributed by atoms with Crippen molar-refractivity contribution in [3.63, 3.8) is 0 Å². The van der Waals surface area contributed by atoms with Crippen molar-refractivity contribution in [3.05, 3.63) is 42.5 Å². The average molecular weight is 231 g/mol. The van der Waals surface area contributed by atoms with Gasteiger partial charge in [-0.25, -0.2) is 4.98 Å². The highest BCUT2D eigenvalue weighted by atomic mass is 16.5. The smallest absolute Gasteiger partial charge is 0.119 e. The van der Waals surface area contributed by atoms with Crippen molar-refractivity contribution in [1.29, 1.82) is 0 Å². The fourth-order valence-electron chi connectivity index (χ4n) is 1.75. The molecule has 1 aromatic carbocycles. The summed E-state index contributed by atoms with van der Waals surface area (Å²) < 4.78 is 5.15. The number of anilines is 1. The van der Waals surface area contributed by atoms with E-state index >= 15 is 0 Å². The number of methoxy groups -OCH3 is 1. The lowest BCUT2D eigenvalue weighted by molar-refractivity contribution is 0.415. The number of ether oxygens (including phenoxy) is 1. The molecule has 0 fully saturated rings. The average Bonchev–Trinajstić information content (AvgIpc) is 2.89. The van der Waals surface area contributed by atoms with Crippen LogP contribution in [0.4, 0.5) is 5.69 Å². The molecule has 1 N–H and O–H groups in total. The molecule has 0 amide bonds. The van der Waals surface area contributed by atoms with Gasteiger partial charge < -0.3 is 14.6 Å². The molecule has 90 valence electrons. The van der Waals surface area contributed by atoms with Crippen LogP contribution in [0.3, 0.4) is 0 Å². The van der Waals surface area contributed by atoms with E-state index in [9.17, 15) is 0 Å². The molecule has 0 unspecified atom stereocenters. The molecule has 0 bridgehead atoms. The first kappa shape index (κ1) is 11.5. The van der Waals surface area contributed by atoms with Crippen LogP contribution >= 0.6 is 0 Å². The van der Waals surface area contributed by atoms with Gasteiger partial charge >= 0.3 is 0 Å². The Morgan fingerprint density at radius 1 is 1.29 bits per heavy atom. The van der Waals surface area contributed by atoms with Gasteiger partial charge in [0, 0.05) is 18.4 Å². The summed E-state index contributed by atoms with van der Waals surface area (Å²) in [5.41, 5.74) is 2.22. The Bertz CT molecular complexity index is 436. The number of aromatic nitrogens is 2.